The highest BCUT2D eigenvalue weighted by Gasteiger charge is 2.40. The first-order valence-corrected chi connectivity index (χ1v) is 6.14. The minimum atomic E-state index is -0.785. The lowest BCUT2D eigenvalue weighted by atomic mass is 9.88. The molecule has 0 radical (unpaired) electrons. The molecule has 0 N–H and O–H groups in total. The summed E-state index contributed by atoms with van der Waals surface area (Å²) in [6.07, 6.45) is 4.73. The van der Waals surface area contributed by atoms with E-state index in [1.54, 1.807) is 6.08 Å². The molecule has 0 spiro atoms. The molecule has 0 atom stereocenters. The Morgan fingerprint density at radius 3 is 2.67 bits per heavy atom. The third-order valence-electron chi connectivity index (χ3n) is 3.42. The molecule has 5 heteroatoms. The molecule has 1 fully saturated rings. The van der Waals surface area contributed by atoms with E-state index < -0.39 is 11.4 Å². The number of benzene rings is 1. The summed E-state index contributed by atoms with van der Waals surface area (Å²) < 4.78 is 18.9. The molecule has 0 aromatic heterocycles. The molecule has 1 aliphatic rings. The molecule has 1 aromatic rings. The molecule has 0 bridgehead atoms. The van der Waals surface area contributed by atoms with Crippen LogP contribution in [0.25, 0.3) is 0 Å². The number of isocyanates is 1. The molecular weight excluding hydrogens is 257 g/mol. The van der Waals surface area contributed by atoms with E-state index in [2.05, 4.69) is 4.99 Å². The second-order valence-corrected chi connectivity index (χ2v) is 4.79. The second kappa shape index (κ2) is 5.09. The van der Waals surface area contributed by atoms with Crippen molar-refractivity contribution in [1.82, 2.24) is 0 Å². The van der Waals surface area contributed by atoms with Gasteiger partial charge in [0.2, 0.25) is 6.08 Å². The van der Waals surface area contributed by atoms with Crippen LogP contribution in [0.4, 0.5) is 4.39 Å². The van der Waals surface area contributed by atoms with Crippen molar-refractivity contribution in [2.24, 2.45) is 4.99 Å². The highest BCUT2D eigenvalue weighted by Crippen LogP contribution is 2.49. The number of ether oxygens (including phenoxy) is 1. The lowest BCUT2D eigenvalue weighted by Crippen LogP contribution is -2.21. The number of nitrogens with zero attached hydrogens (tertiary/aromatic N) is 1. The Hall–Kier alpha value is -1.38. The molecule has 0 aliphatic heterocycles. The van der Waals surface area contributed by atoms with Crippen LogP contribution in [0.5, 0.6) is 5.75 Å². The number of hydrogen-bond donors (Lipinski definition) is 0. The van der Waals surface area contributed by atoms with Crippen LogP contribution in [-0.4, -0.2) is 13.2 Å². The summed E-state index contributed by atoms with van der Waals surface area (Å²) in [5, 5.41) is 0.370. The molecule has 1 saturated carbocycles. The minimum Gasteiger partial charge on any atom is -0.493 e. The lowest BCUT2D eigenvalue weighted by Gasteiger charge is -2.26. The zero-order valence-electron chi connectivity index (χ0n) is 10.0. The van der Waals surface area contributed by atoms with E-state index in [1.165, 1.54) is 19.2 Å². The van der Waals surface area contributed by atoms with Gasteiger partial charge in [-0.1, -0.05) is 24.4 Å². The monoisotopic (exact) mass is 269 g/mol. The van der Waals surface area contributed by atoms with E-state index in [-0.39, 0.29) is 5.75 Å². The van der Waals surface area contributed by atoms with Gasteiger partial charge in [-0.15, -0.1) is 0 Å². The molecule has 1 aliphatic carbocycles. The van der Waals surface area contributed by atoms with E-state index in [9.17, 15) is 9.18 Å². The summed E-state index contributed by atoms with van der Waals surface area (Å²) in [5.74, 6) is -0.423. The van der Waals surface area contributed by atoms with E-state index in [0.717, 1.165) is 12.8 Å². The number of rotatable bonds is 3. The topological polar surface area (TPSA) is 38.7 Å². The van der Waals surface area contributed by atoms with Crippen molar-refractivity contribution in [3.63, 3.8) is 0 Å². The number of halogens is 2. The zero-order chi connectivity index (χ0) is 13.2. The van der Waals surface area contributed by atoms with Crippen LogP contribution < -0.4 is 4.74 Å². The number of methoxy groups -OCH3 is 1. The first kappa shape index (κ1) is 13.1. The van der Waals surface area contributed by atoms with E-state index in [1.807, 2.05) is 0 Å². The fourth-order valence-corrected chi connectivity index (χ4v) is 2.96. The second-order valence-electron chi connectivity index (χ2n) is 4.38. The fraction of sp³-hybridized carbons (Fsp3) is 0.462. The zero-order valence-corrected chi connectivity index (χ0v) is 10.8. The summed E-state index contributed by atoms with van der Waals surface area (Å²) in [7, 11) is 1.38. The maximum atomic E-state index is 13.8. The van der Waals surface area contributed by atoms with E-state index in [0.29, 0.717) is 23.4 Å². The van der Waals surface area contributed by atoms with Gasteiger partial charge < -0.3 is 4.74 Å². The van der Waals surface area contributed by atoms with Gasteiger partial charge in [0.15, 0.2) is 11.6 Å². The minimum absolute atomic E-state index is 0.0726. The summed E-state index contributed by atoms with van der Waals surface area (Å²) in [4.78, 5) is 14.6. The molecule has 3 nitrogen and oxygen atoms in total. The van der Waals surface area contributed by atoms with E-state index >= 15 is 0 Å². The molecule has 96 valence electrons. The van der Waals surface area contributed by atoms with Crippen LogP contribution in [0.2, 0.25) is 5.02 Å². The van der Waals surface area contributed by atoms with Crippen molar-refractivity contribution < 1.29 is 13.9 Å². The molecule has 1 aromatic carbocycles. The van der Waals surface area contributed by atoms with Crippen LogP contribution in [-0.2, 0) is 10.3 Å². The van der Waals surface area contributed by atoms with Crippen LogP contribution in [0.3, 0.4) is 0 Å². The summed E-state index contributed by atoms with van der Waals surface area (Å²) in [6, 6.07) is 2.72. The van der Waals surface area contributed by atoms with Crippen molar-refractivity contribution in [2.75, 3.05) is 7.11 Å². The number of carbonyl (C=O) groups excluding carboxylic acids is 1. The Bertz CT molecular complexity index is 506. The van der Waals surface area contributed by atoms with Crippen molar-refractivity contribution in [3.05, 3.63) is 28.5 Å². The number of aliphatic imine (C=N–C) groups is 1. The largest absolute Gasteiger partial charge is 0.493 e. The third kappa shape index (κ3) is 2.02. The van der Waals surface area contributed by atoms with Gasteiger partial charge in [0.25, 0.3) is 0 Å². The van der Waals surface area contributed by atoms with Crippen molar-refractivity contribution in [3.8, 4) is 5.75 Å². The first-order valence-electron chi connectivity index (χ1n) is 5.76. The first-order chi connectivity index (χ1) is 8.64. The molecular formula is C13H13ClFNO2. The van der Waals surface area contributed by atoms with Gasteiger partial charge in [-0.3, -0.25) is 0 Å². The molecule has 0 saturated heterocycles. The molecule has 18 heavy (non-hydrogen) atoms. The maximum absolute atomic E-state index is 13.8. The SMILES string of the molecule is COc1c(F)ccc(Cl)c1C1(N=C=O)CCCC1. The highest BCUT2D eigenvalue weighted by atomic mass is 35.5. The summed E-state index contributed by atoms with van der Waals surface area (Å²) in [6.45, 7) is 0. The Morgan fingerprint density at radius 1 is 1.44 bits per heavy atom. The summed E-state index contributed by atoms with van der Waals surface area (Å²) in [5.41, 5.74) is -0.320. The molecule has 2 rings (SSSR count). The Kier molecular flexibility index (Phi) is 3.69. The Balaban J connectivity index is 2.68. The smallest absolute Gasteiger partial charge is 0.235 e. The van der Waals surface area contributed by atoms with Gasteiger partial charge in [-0.2, -0.15) is 4.99 Å². The molecule has 0 amide bonds. The molecule has 0 unspecified atom stereocenters. The lowest BCUT2D eigenvalue weighted by molar-refractivity contribution is 0.357. The Labute approximate surface area is 110 Å². The van der Waals surface area contributed by atoms with E-state index in [4.69, 9.17) is 16.3 Å². The average molecular weight is 270 g/mol. The number of hydrogen-bond acceptors (Lipinski definition) is 3. The quantitative estimate of drug-likeness (QED) is 0.621. The average Bonchev–Trinajstić information content (AvgIpc) is 2.81. The predicted octanol–water partition coefficient (Wildman–Crippen LogP) is 3.59. The molecule has 0 heterocycles. The Morgan fingerprint density at radius 2 is 2.11 bits per heavy atom. The van der Waals surface area contributed by atoms with Crippen LogP contribution in [0, 0.1) is 5.82 Å². The summed E-state index contributed by atoms with van der Waals surface area (Å²) >= 11 is 6.15. The van der Waals surface area contributed by atoms with Crippen LogP contribution in [0.15, 0.2) is 17.1 Å². The highest BCUT2D eigenvalue weighted by molar-refractivity contribution is 6.31. The van der Waals surface area contributed by atoms with Gasteiger partial charge in [0.05, 0.1) is 12.1 Å². The van der Waals surface area contributed by atoms with Crippen molar-refractivity contribution in [2.45, 2.75) is 31.2 Å². The standard InChI is InChI=1S/C13H13ClFNO2/c1-18-12-10(15)5-4-9(14)11(12)13(16-8-17)6-2-3-7-13/h4-5H,2-3,6-7H2,1H3. The third-order valence-corrected chi connectivity index (χ3v) is 3.73. The van der Waals surface area contributed by atoms with Crippen molar-refractivity contribution in [1.29, 1.82) is 0 Å². The van der Waals surface area contributed by atoms with Gasteiger partial charge in [0, 0.05) is 5.56 Å². The van der Waals surface area contributed by atoms with Crippen LogP contribution in [0.1, 0.15) is 31.2 Å². The van der Waals surface area contributed by atoms with Gasteiger partial charge >= 0.3 is 0 Å². The van der Waals surface area contributed by atoms with Gasteiger partial charge in [-0.25, -0.2) is 9.18 Å². The predicted molar refractivity (Wildman–Crippen MR) is 66.2 cm³/mol. The maximum Gasteiger partial charge on any atom is 0.235 e. The fourth-order valence-electron chi connectivity index (χ4n) is 2.63. The van der Waals surface area contributed by atoms with Crippen LogP contribution >= 0.6 is 11.6 Å². The van der Waals surface area contributed by atoms with Crippen molar-refractivity contribution >= 4 is 17.7 Å². The normalized spacial score (nSPS) is 17.3. The van der Waals surface area contributed by atoms with Gasteiger partial charge in [-0.05, 0) is 25.0 Å². The van der Waals surface area contributed by atoms with Gasteiger partial charge in [0.1, 0.15) is 5.54 Å².